The molecule has 180 valence electrons. The first-order valence-corrected chi connectivity index (χ1v) is 12.0. The number of aromatic nitrogens is 1. The third-order valence-corrected chi connectivity index (χ3v) is 6.01. The minimum absolute atomic E-state index is 0.0212. The number of rotatable bonds is 7. The van der Waals surface area contributed by atoms with E-state index in [2.05, 4.69) is 15.6 Å². The summed E-state index contributed by atoms with van der Waals surface area (Å²) in [5.41, 5.74) is 1.36. The molecular weight excluding hydrogens is 475 g/mol. The zero-order valence-electron chi connectivity index (χ0n) is 17.8. The van der Waals surface area contributed by atoms with Crippen LogP contribution < -0.4 is 10.6 Å². The number of fused-ring (bicyclic) bond motifs is 1. The number of carbonyl (C=O) groups excluding carboxylic acids is 2. The van der Waals surface area contributed by atoms with Crippen molar-refractivity contribution in [3.63, 3.8) is 0 Å². The van der Waals surface area contributed by atoms with Gasteiger partial charge >= 0.3 is 0 Å². The third-order valence-electron chi connectivity index (χ3n) is 5.41. The third kappa shape index (κ3) is 5.07. The fraction of sp³-hybridized carbons (Fsp3) is 0.273. The molecule has 1 saturated heterocycles. The Morgan fingerprint density at radius 3 is 2.53 bits per heavy atom. The minimum Gasteiger partial charge on any atom is -0.352 e. The molecule has 0 radical (unpaired) electrons. The molecule has 0 spiro atoms. The first-order valence-electron chi connectivity index (χ1n) is 10.2. The topological polar surface area (TPSA) is 117 Å². The van der Waals surface area contributed by atoms with Crippen molar-refractivity contribution in [2.24, 2.45) is 0 Å². The Labute approximate surface area is 192 Å². The second-order valence-corrected chi connectivity index (χ2v) is 9.53. The molecule has 1 aromatic heterocycles. The maximum Gasteiger partial charge on any atom is 0.264 e. The lowest BCUT2D eigenvalue weighted by Gasteiger charge is -2.17. The van der Waals surface area contributed by atoms with Crippen molar-refractivity contribution in [1.29, 1.82) is 0 Å². The highest BCUT2D eigenvalue weighted by molar-refractivity contribution is 7.86. The molecule has 0 saturated carbocycles. The lowest BCUT2D eigenvalue weighted by Crippen LogP contribution is -2.47. The number of carbonyl (C=O) groups is 2. The van der Waals surface area contributed by atoms with Crippen LogP contribution in [0.3, 0.4) is 0 Å². The van der Waals surface area contributed by atoms with Crippen molar-refractivity contribution >= 4 is 32.8 Å². The maximum atomic E-state index is 14.4. The van der Waals surface area contributed by atoms with Gasteiger partial charge in [-0.15, -0.1) is 0 Å². The van der Waals surface area contributed by atoms with Crippen LogP contribution in [0.1, 0.15) is 12.0 Å². The summed E-state index contributed by atoms with van der Waals surface area (Å²) in [4.78, 5) is 27.5. The van der Waals surface area contributed by atoms with Crippen LogP contribution >= 0.6 is 0 Å². The Bertz CT molecular complexity index is 1370. The highest BCUT2D eigenvalue weighted by Gasteiger charge is 2.38. The maximum absolute atomic E-state index is 14.4. The molecule has 3 N–H and O–H groups in total. The molecule has 2 heterocycles. The minimum atomic E-state index is -3.86. The predicted molar refractivity (Wildman–Crippen MR) is 117 cm³/mol. The van der Waals surface area contributed by atoms with Crippen molar-refractivity contribution in [3.8, 4) is 11.3 Å². The molecule has 12 heteroatoms. The molecule has 0 unspecified atom stereocenters. The van der Waals surface area contributed by atoms with Gasteiger partial charge in [-0.3, -0.25) is 13.8 Å². The number of aryl methyl sites for hydroxylation is 1. The van der Waals surface area contributed by atoms with Crippen molar-refractivity contribution < 1.29 is 35.4 Å². The van der Waals surface area contributed by atoms with Crippen LogP contribution in [0.5, 0.6) is 0 Å². The largest absolute Gasteiger partial charge is 0.352 e. The van der Waals surface area contributed by atoms with E-state index in [4.69, 9.17) is 4.18 Å². The van der Waals surface area contributed by atoms with Gasteiger partial charge < -0.3 is 15.6 Å². The monoisotopic (exact) mass is 495 g/mol. The van der Waals surface area contributed by atoms with E-state index in [1.807, 2.05) is 0 Å². The second kappa shape index (κ2) is 9.11. The molecule has 3 aromatic rings. The molecule has 8 nitrogen and oxygen atoms in total. The van der Waals surface area contributed by atoms with Gasteiger partial charge in [-0.25, -0.2) is 13.2 Å². The van der Waals surface area contributed by atoms with Gasteiger partial charge in [-0.05, 0) is 47.9 Å². The van der Waals surface area contributed by atoms with Gasteiger partial charge in [-0.2, -0.15) is 8.42 Å². The molecule has 0 bridgehead atoms. The first kappa shape index (κ1) is 23.8. The zero-order chi connectivity index (χ0) is 24.6. The standard InChI is InChI=1S/C22H20F3N3O5S/c1-34(31,32)33-17-10-26-22(30)21(17)27-18(29)7-6-14-15-8-13(24)9-16(25)20(15)28-19(14)11-2-4-12(23)5-3-11/h2-5,8-9,17,21,28H,6-7,10H2,1H3,(H,26,30)(H,27,29)/t17-,21+/m1/s1. The van der Waals surface area contributed by atoms with Crippen LogP contribution in [-0.4, -0.2) is 50.2 Å². The zero-order valence-corrected chi connectivity index (χ0v) is 18.6. The number of hydrogen-bond donors (Lipinski definition) is 3. The van der Waals surface area contributed by atoms with Gasteiger partial charge in [0.2, 0.25) is 11.8 Å². The van der Waals surface area contributed by atoms with Gasteiger partial charge in [0.15, 0.2) is 0 Å². The fourth-order valence-electron chi connectivity index (χ4n) is 3.95. The summed E-state index contributed by atoms with van der Waals surface area (Å²) in [6, 6.07) is 6.02. The lowest BCUT2D eigenvalue weighted by atomic mass is 10.0. The molecule has 1 fully saturated rings. The number of amides is 2. The predicted octanol–water partition coefficient (Wildman–Crippen LogP) is 2.14. The molecular formula is C22H20F3N3O5S. The number of halogens is 3. The highest BCUT2D eigenvalue weighted by atomic mass is 32.2. The van der Waals surface area contributed by atoms with E-state index in [-0.39, 0.29) is 30.3 Å². The van der Waals surface area contributed by atoms with E-state index < -0.39 is 51.5 Å². The van der Waals surface area contributed by atoms with Gasteiger partial charge in [-0.1, -0.05) is 0 Å². The second-order valence-electron chi connectivity index (χ2n) is 7.92. The summed E-state index contributed by atoms with van der Waals surface area (Å²) in [6.07, 6.45) is -0.430. The summed E-state index contributed by atoms with van der Waals surface area (Å²) in [6.45, 7) is -0.0907. The fourth-order valence-corrected chi connectivity index (χ4v) is 4.58. The number of nitrogens with one attached hydrogen (secondary N) is 3. The van der Waals surface area contributed by atoms with E-state index in [1.54, 1.807) is 0 Å². The van der Waals surface area contributed by atoms with E-state index in [1.165, 1.54) is 24.3 Å². The van der Waals surface area contributed by atoms with Crippen molar-refractivity contribution in [2.45, 2.75) is 25.0 Å². The van der Waals surface area contributed by atoms with Crippen LogP contribution in [0.2, 0.25) is 0 Å². The van der Waals surface area contributed by atoms with Crippen LogP contribution in [0, 0.1) is 17.5 Å². The number of H-pyrrole nitrogens is 1. The van der Waals surface area contributed by atoms with E-state index in [0.29, 0.717) is 16.8 Å². The summed E-state index contributed by atoms with van der Waals surface area (Å²) in [5.74, 6) is -3.29. The summed E-state index contributed by atoms with van der Waals surface area (Å²) in [7, 11) is -3.86. The molecule has 2 aromatic carbocycles. The molecule has 4 rings (SSSR count). The van der Waals surface area contributed by atoms with E-state index >= 15 is 0 Å². The Morgan fingerprint density at radius 1 is 1.15 bits per heavy atom. The smallest absolute Gasteiger partial charge is 0.264 e. The van der Waals surface area contributed by atoms with Crippen molar-refractivity contribution in [3.05, 3.63) is 59.4 Å². The summed E-state index contributed by atoms with van der Waals surface area (Å²) >= 11 is 0. The van der Waals surface area contributed by atoms with Gasteiger partial charge in [0.25, 0.3) is 10.1 Å². The van der Waals surface area contributed by atoms with E-state index in [0.717, 1.165) is 18.4 Å². The molecule has 2 atom stereocenters. The van der Waals surface area contributed by atoms with E-state index in [9.17, 15) is 31.2 Å². The molecule has 0 aliphatic carbocycles. The number of aromatic amines is 1. The van der Waals surface area contributed by atoms with Crippen LogP contribution in [-0.2, 0) is 30.3 Å². The quantitative estimate of drug-likeness (QED) is 0.434. The van der Waals surface area contributed by atoms with Crippen LogP contribution in [0.25, 0.3) is 22.2 Å². The Balaban J connectivity index is 1.59. The molecule has 34 heavy (non-hydrogen) atoms. The normalized spacial score (nSPS) is 18.3. The summed E-state index contributed by atoms with van der Waals surface area (Å²) < 4.78 is 69.4. The van der Waals surface area contributed by atoms with Crippen LogP contribution in [0.4, 0.5) is 13.2 Å². The first-order chi connectivity index (χ1) is 16.0. The van der Waals surface area contributed by atoms with Gasteiger partial charge in [0.05, 0.1) is 11.8 Å². The van der Waals surface area contributed by atoms with Gasteiger partial charge in [0.1, 0.15) is 29.6 Å². The molecule has 2 amide bonds. The number of hydrogen-bond acceptors (Lipinski definition) is 5. The van der Waals surface area contributed by atoms with Crippen molar-refractivity contribution in [1.82, 2.24) is 15.6 Å². The Hall–Kier alpha value is -3.38. The number of benzene rings is 2. The Kier molecular flexibility index (Phi) is 6.36. The van der Waals surface area contributed by atoms with Crippen molar-refractivity contribution in [2.75, 3.05) is 12.8 Å². The SMILES string of the molecule is CS(=O)(=O)O[C@@H]1CNC(=O)[C@H]1NC(=O)CCc1c(-c2ccc(F)cc2)[nH]c2c(F)cc(F)cc12. The molecule has 1 aliphatic heterocycles. The highest BCUT2D eigenvalue weighted by Crippen LogP contribution is 2.33. The molecule has 1 aliphatic rings. The summed E-state index contributed by atoms with van der Waals surface area (Å²) in [5, 5.41) is 5.10. The Morgan fingerprint density at radius 2 is 1.85 bits per heavy atom. The average Bonchev–Trinajstić information content (AvgIpc) is 3.27. The van der Waals surface area contributed by atoms with Crippen LogP contribution in [0.15, 0.2) is 36.4 Å². The lowest BCUT2D eigenvalue weighted by molar-refractivity contribution is -0.128. The average molecular weight is 495 g/mol. The van der Waals surface area contributed by atoms with Gasteiger partial charge in [0, 0.05) is 30.1 Å².